The highest BCUT2D eigenvalue weighted by Crippen LogP contribution is 2.38. The molecule has 18 heavy (non-hydrogen) atoms. The number of aromatic nitrogens is 2. The van der Waals surface area contributed by atoms with Gasteiger partial charge in [-0.05, 0) is 25.5 Å². The van der Waals surface area contributed by atoms with Gasteiger partial charge < -0.3 is 4.74 Å². The van der Waals surface area contributed by atoms with Crippen LogP contribution >= 0.6 is 23.4 Å². The Bertz CT molecular complexity index is 436. The molecule has 0 bridgehead atoms. The van der Waals surface area contributed by atoms with Crippen LogP contribution in [0.5, 0.6) is 0 Å². The number of thioether (sulfide) groups is 1. The van der Waals surface area contributed by atoms with Crippen molar-refractivity contribution in [2.75, 3.05) is 12.4 Å². The fourth-order valence-corrected chi connectivity index (χ4v) is 3.27. The predicted molar refractivity (Wildman–Crippen MR) is 72.0 cm³/mol. The van der Waals surface area contributed by atoms with Crippen molar-refractivity contribution in [3.63, 3.8) is 0 Å². The minimum absolute atomic E-state index is 0.195. The average molecular weight is 287 g/mol. The summed E-state index contributed by atoms with van der Waals surface area (Å²) in [6.45, 7) is 2.10. The summed E-state index contributed by atoms with van der Waals surface area (Å²) >= 11 is 7.71. The average Bonchev–Trinajstić information content (AvgIpc) is 2.92. The zero-order valence-electron chi connectivity index (χ0n) is 10.2. The molecule has 0 N–H and O–H groups in total. The van der Waals surface area contributed by atoms with Crippen LogP contribution in [0.25, 0.3) is 0 Å². The van der Waals surface area contributed by atoms with E-state index < -0.39 is 5.97 Å². The van der Waals surface area contributed by atoms with Crippen molar-refractivity contribution in [3.8, 4) is 0 Å². The van der Waals surface area contributed by atoms with E-state index in [0.717, 1.165) is 18.0 Å². The summed E-state index contributed by atoms with van der Waals surface area (Å²) in [5, 5.41) is 0.336. The van der Waals surface area contributed by atoms with E-state index in [1.54, 1.807) is 6.92 Å². The number of ether oxygens (including phenoxy) is 1. The van der Waals surface area contributed by atoms with Crippen LogP contribution in [0.4, 0.5) is 0 Å². The van der Waals surface area contributed by atoms with Gasteiger partial charge in [0.15, 0.2) is 0 Å². The van der Waals surface area contributed by atoms with Crippen LogP contribution in [-0.4, -0.2) is 28.3 Å². The van der Waals surface area contributed by atoms with Crippen molar-refractivity contribution < 1.29 is 9.53 Å². The van der Waals surface area contributed by atoms with Gasteiger partial charge in [0.1, 0.15) is 11.4 Å². The summed E-state index contributed by atoms with van der Waals surface area (Å²) in [5.74, 6) is 1.71. The summed E-state index contributed by atoms with van der Waals surface area (Å²) in [7, 11) is 0. The van der Waals surface area contributed by atoms with Crippen LogP contribution in [0, 0.1) is 0 Å². The number of carbonyl (C=O) groups is 1. The molecule has 2 rings (SSSR count). The largest absolute Gasteiger partial charge is 0.462 e. The van der Waals surface area contributed by atoms with E-state index in [2.05, 4.69) is 9.97 Å². The van der Waals surface area contributed by atoms with Gasteiger partial charge in [0, 0.05) is 6.20 Å². The summed E-state index contributed by atoms with van der Waals surface area (Å²) in [4.78, 5) is 20.4. The van der Waals surface area contributed by atoms with Crippen molar-refractivity contribution in [2.45, 2.75) is 30.9 Å². The SMILES string of the molecule is CCOC(=O)c1cnc(C2CCCS2)nc1CCl. The molecule has 98 valence electrons. The third kappa shape index (κ3) is 2.95. The molecule has 0 radical (unpaired) electrons. The Morgan fingerprint density at radius 3 is 3.11 bits per heavy atom. The fraction of sp³-hybridized carbons (Fsp3) is 0.583. The number of nitrogens with zero attached hydrogens (tertiary/aromatic N) is 2. The number of esters is 1. The maximum atomic E-state index is 11.7. The number of alkyl halides is 1. The highest BCUT2D eigenvalue weighted by molar-refractivity contribution is 7.99. The molecule has 0 aliphatic carbocycles. The molecule has 1 aromatic rings. The lowest BCUT2D eigenvalue weighted by molar-refractivity contribution is 0.0524. The van der Waals surface area contributed by atoms with Gasteiger partial charge in [0.05, 0.1) is 23.4 Å². The molecule has 0 saturated carbocycles. The van der Waals surface area contributed by atoms with E-state index in [4.69, 9.17) is 16.3 Å². The Morgan fingerprint density at radius 1 is 1.67 bits per heavy atom. The van der Waals surface area contributed by atoms with Gasteiger partial charge >= 0.3 is 5.97 Å². The molecule has 1 aromatic heterocycles. The molecular formula is C12H15ClN2O2S. The van der Waals surface area contributed by atoms with E-state index in [1.807, 2.05) is 11.8 Å². The Morgan fingerprint density at radius 2 is 2.50 bits per heavy atom. The lowest BCUT2D eigenvalue weighted by atomic mass is 10.2. The molecule has 4 nitrogen and oxygen atoms in total. The molecule has 1 saturated heterocycles. The smallest absolute Gasteiger partial charge is 0.341 e. The molecule has 1 unspecified atom stereocenters. The minimum Gasteiger partial charge on any atom is -0.462 e. The van der Waals surface area contributed by atoms with Crippen molar-refractivity contribution in [1.82, 2.24) is 9.97 Å². The third-order valence-electron chi connectivity index (χ3n) is 2.73. The second-order valence-corrected chi connectivity index (χ2v) is 5.52. The first-order valence-corrected chi connectivity index (χ1v) is 7.55. The number of rotatable bonds is 4. The quantitative estimate of drug-likeness (QED) is 0.629. The van der Waals surface area contributed by atoms with E-state index in [-0.39, 0.29) is 5.88 Å². The molecule has 1 aliphatic rings. The maximum Gasteiger partial charge on any atom is 0.341 e. The molecule has 1 atom stereocenters. The minimum atomic E-state index is -0.404. The van der Waals surface area contributed by atoms with Gasteiger partial charge in [0.2, 0.25) is 0 Å². The van der Waals surface area contributed by atoms with Crippen LogP contribution < -0.4 is 0 Å². The molecule has 2 heterocycles. The first-order valence-electron chi connectivity index (χ1n) is 5.96. The molecule has 0 amide bonds. The fourth-order valence-electron chi connectivity index (χ4n) is 1.85. The lowest BCUT2D eigenvalue weighted by Gasteiger charge is -2.10. The number of carbonyl (C=O) groups excluding carboxylic acids is 1. The van der Waals surface area contributed by atoms with Crippen molar-refractivity contribution in [1.29, 1.82) is 0 Å². The second-order valence-electron chi connectivity index (χ2n) is 3.94. The molecule has 0 aromatic carbocycles. The zero-order valence-corrected chi connectivity index (χ0v) is 11.8. The summed E-state index contributed by atoms with van der Waals surface area (Å²) < 4.78 is 4.95. The normalized spacial score (nSPS) is 18.9. The van der Waals surface area contributed by atoms with Gasteiger partial charge in [-0.15, -0.1) is 11.6 Å². The van der Waals surface area contributed by atoms with Gasteiger partial charge in [-0.3, -0.25) is 0 Å². The monoisotopic (exact) mass is 286 g/mol. The maximum absolute atomic E-state index is 11.7. The summed E-state index contributed by atoms with van der Waals surface area (Å²) in [6, 6.07) is 0. The standard InChI is InChI=1S/C12H15ClN2O2S/c1-2-17-12(16)8-7-14-11(15-9(8)6-13)10-4-3-5-18-10/h7,10H,2-6H2,1H3. The van der Waals surface area contributed by atoms with E-state index in [1.165, 1.54) is 12.6 Å². The van der Waals surface area contributed by atoms with E-state index >= 15 is 0 Å². The molecule has 0 spiro atoms. The molecule has 1 fully saturated rings. The van der Waals surface area contributed by atoms with Crippen molar-refractivity contribution in [2.24, 2.45) is 0 Å². The Balaban J connectivity index is 2.24. The van der Waals surface area contributed by atoms with E-state index in [0.29, 0.717) is 23.1 Å². The van der Waals surface area contributed by atoms with Crippen LogP contribution in [0.3, 0.4) is 0 Å². The first-order chi connectivity index (χ1) is 8.76. The zero-order chi connectivity index (χ0) is 13.0. The molecular weight excluding hydrogens is 272 g/mol. The first kappa shape index (κ1) is 13.6. The van der Waals surface area contributed by atoms with E-state index in [9.17, 15) is 4.79 Å². The number of halogens is 1. The third-order valence-corrected chi connectivity index (χ3v) is 4.35. The van der Waals surface area contributed by atoms with Crippen molar-refractivity contribution in [3.05, 3.63) is 23.3 Å². The Hall–Kier alpha value is -0.810. The van der Waals surface area contributed by atoms with Crippen molar-refractivity contribution >= 4 is 29.3 Å². The van der Waals surface area contributed by atoms with Crippen LogP contribution in [0.15, 0.2) is 6.20 Å². The number of hydrogen-bond acceptors (Lipinski definition) is 5. The van der Waals surface area contributed by atoms with Gasteiger partial charge in [0.25, 0.3) is 0 Å². The molecule has 6 heteroatoms. The topological polar surface area (TPSA) is 52.1 Å². The van der Waals surface area contributed by atoms with Crippen LogP contribution in [0.2, 0.25) is 0 Å². The van der Waals surface area contributed by atoms with Gasteiger partial charge in [-0.25, -0.2) is 14.8 Å². The van der Waals surface area contributed by atoms with Gasteiger partial charge in [-0.2, -0.15) is 11.8 Å². The second kappa shape index (κ2) is 6.38. The summed E-state index contributed by atoms with van der Waals surface area (Å²) in [5.41, 5.74) is 0.936. The lowest BCUT2D eigenvalue weighted by Crippen LogP contribution is -2.12. The van der Waals surface area contributed by atoms with Crippen LogP contribution in [-0.2, 0) is 10.6 Å². The Labute approximate surface area is 115 Å². The highest BCUT2D eigenvalue weighted by Gasteiger charge is 2.23. The predicted octanol–water partition coefficient (Wildman–Crippen LogP) is 2.96. The molecule has 1 aliphatic heterocycles. The highest BCUT2D eigenvalue weighted by atomic mass is 35.5. The Kier molecular flexibility index (Phi) is 4.83. The van der Waals surface area contributed by atoms with Gasteiger partial charge in [-0.1, -0.05) is 0 Å². The van der Waals surface area contributed by atoms with Crippen LogP contribution in [0.1, 0.15) is 46.9 Å². The summed E-state index contributed by atoms with van der Waals surface area (Å²) in [6.07, 6.45) is 3.82. The number of hydrogen-bond donors (Lipinski definition) is 0.